The van der Waals surface area contributed by atoms with Crippen molar-refractivity contribution in [3.05, 3.63) is 88.4 Å². The number of ketones is 1. The van der Waals surface area contributed by atoms with E-state index in [9.17, 15) is 14.7 Å². The first-order valence-corrected chi connectivity index (χ1v) is 11.0. The van der Waals surface area contributed by atoms with Gasteiger partial charge in [0.1, 0.15) is 29.1 Å². The highest BCUT2D eigenvalue weighted by Gasteiger charge is 2.48. The molecule has 170 valence electrons. The Morgan fingerprint density at radius 3 is 2.39 bits per heavy atom. The minimum atomic E-state index is -0.889. The zero-order valence-electron chi connectivity index (χ0n) is 19.2. The molecule has 6 nitrogen and oxygen atoms in total. The molecular formula is C27H27NO5. The van der Waals surface area contributed by atoms with E-state index >= 15 is 0 Å². The molecule has 3 aromatic rings. The number of hydrogen-bond donors (Lipinski definition) is 1. The van der Waals surface area contributed by atoms with E-state index in [0.717, 1.165) is 17.5 Å². The predicted octanol–water partition coefficient (Wildman–Crippen LogP) is 5.62. The van der Waals surface area contributed by atoms with Gasteiger partial charge in [-0.15, -0.1) is 0 Å². The average Bonchev–Trinajstić information content (AvgIpc) is 3.32. The number of aryl methyl sites for hydroxylation is 3. The van der Waals surface area contributed by atoms with Gasteiger partial charge >= 0.3 is 0 Å². The van der Waals surface area contributed by atoms with Gasteiger partial charge in [-0.3, -0.25) is 14.5 Å². The molecular weight excluding hydrogens is 418 g/mol. The van der Waals surface area contributed by atoms with Gasteiger partial charge in [-0.05, 0) is 74.7 Å². The first kappa shape index (κ1) is 22.4. The summed E-state index contributed by atoms with van der Waals surface area (Å²) in [7, 11) is 0. The van der Waals surface area contributed by atoms with Crippen molar-refractivity contribution in [1.82, 2.24) is 0 Å². The summed E-state index contributed by atoms with van der Waals surface area (Å²) in [5.41, 5.74) is 2.88. The molecule has 0 spiro atoms. The first-order chi connectivity index (χ1) is 15.8. The third-order valence-electron chi connectivity index (χ3n) is 5.54. The van der Waals surface area contributed by atoms with E-state index in [1.807, 2.05) is 39.0 Å². The van der Waals surface area contributed by atoms with Gasteiger partial charge in [-0.1, -0.05) is 25.1 Å². The molecule has 6 heteroatoms. The summed E-state index contributed by atoms with van der Waals surface area (Å²) in [6.45, 7) is 8.19. The van der Waals surface area contributed by atoms with E-state index in [1.165, 1.54) is 4.90 Å². The van der Waals surface area contributed by atoms with Crippen LogP contribution in [-0.4, -0.2) is 23.4 Å². The minimum Gasteiger partial charge on any atom is -0.507 e. The van der Waals surface area contributed by atoms with Crippen LogP contribution in [0.1, 0.15) is 47.6 Å². The monoisotopic (exact) mass is 445 g/mol. The molecule has 0 saturated carbocycles. The number of rotatable bonds is 6. The van der Waals surface area contributed by atoms with Crippen molar-refractivity contribution < 1.29 is 23.8 Å². The number of ether oxygens (including phenoxy) is 1. The van der Waals surface area contributed by atoms with Gasteiger partial charge in [0.15, 0.2) is 0 Å². The lowest BCUT2D eigenvalue weighted by atomic mass is 9.99. The van der Waals surface area contributed by atoms with Gasteiger partial charge in [0, 0.05) is 11.3 Å². The number of benzene rings is 2. The Kier molecular flexibility index (Phi) is 6.09. The van der Waals surface area contributed by atoms with Gasteiger partial charge in [0.25, 0.3) is 11.7 Å². The summed E-state index contributed by atoms with van der Waals surface area (Å²) in [5, 5.41) is 11.3. The molecule has 33 heavy (non-hydrogen) atoms. The van der Waals surface area contributed by atoms with E-state index in [4.69, 9.17) is 9.15 Å². The Labute approximate surface area is 193 Å². The molecule has 4 rings (SSSR count). The minimum absolute atomic E-state index is 0.0128. The number of nitrogens with zero attached hydrogens (tertiary/aromatic N) is 1. The molecule has 1 amide bonds. The van der Waals surface area contributed by atoms with Crippen molar-refractivity contribution in [2.24, 2.45) is 0 Å². The maximum atomic E-state index is 13.2. The lowest BCUT2D eigenvalue weighted by Gasteiger charge is -2.24. The van der Waals surface area contributed by atoms with E-state index < -0.39 is 17.7 Å². The van der Waals surface area contributed by atoms with Crippen LogP contribution in [-0.2, 0) is 9.59 Å². The Morgan fingerprint density at radius 1 is 1.03 bits per heavy atom. The smallest absolute Gasteiger partial charge is 0.300 e. The van der Waals surface area contributed by atoms with Crippen LogP contribution in [0.3, 0.4) is 0 Å². The number of amides is 1. The molecule has 1 saturated heterocycles. The van der Waals surface area contributed by atoms with Crippen LogP contribution in [0.2, 0.25) is 0 Å². The fraction of sp³-hybridized carbons (Fsp3) is 0.259. The average molecular weight is 446 g/mol. The third kappa shape index (κ3) is 4.29. The Bertz CT molecular complexity index is 1230. The number of carbonyl (C=O) groups is 2. The number of carbonyl (C=O) groups excluding carboxylic acids is 2. The van der Waals surface area contributed by atoms with E-state index in [2.05, 4.69) is 0 Å². The largest absolute Gasteiger partial charge is 0.507 e. The molecule has 1 N–H and O–H groups in total. The number of furan rings is 1. The molecule has 1 aliphatic heterocycles. The van der Waals surface area contributed by atoms with E-state index in [1.54, 1.807) is 43.3 Å². The zero-order valence-corrected chi connectivity index (χ0v) is 19.2. The summed E-state index contributed by atoms with van der Waals surface area (Å²) in [4.78, 5) is 27.9. The molecule has 0 aliphatic carbocycles. The van der Waals surface area contributed by atoms with Crippen LogP contribution in [0, 0.1) is 20.8 Å². The van der Waals surface area contributed by atoms with Crippen molar-refractivity contribution >= 4 is 23.1 Å². The summed E-state index contributed by atoms with van der Waals surface area (Å²) in [6, 6.07) is 15.2. The molecule has 0 radical (unpaired) electrons. The Morgan fingerprint density at radius 2 is 1.76 bits per heavy atom. The van der Waals surface area contributed by atoms with Crippen molar-refractivity contribution in [1.29, 1.82) is 0 Å². The summed E-state index contributed by atoms with van der Waals surface area (Å²) in [6.07, 6.45) is 0.842. The normalized spacial score (nSPS) is 17.6. The molecule has 1 aromatic heterocycles. The molecule has 2 heterocycles. The first-order valence-electron chi connectivity index (χ1n) is 11.0. The SMILES string of the molecule is CCCOc1cccc(/C(O)=C2/C(=O)C(=O)N(c3cc(C)cc(C)c3)C2c2ccc(C)o2)c1. The second kappa shape index (κ2) is 8.98. The van der Waals surface area contributed by atoms with Crippen molar-refractivity contribution in [3.8, 4) is 5.75 Å². The summed E-state index contributed by atoms with van der Waals surface area (Å²) in [5.74, 6) is -0.0996. The predicted molar refractivity (Wildman–Crippen MR) is 126 cm³/mol. The van der Waals surface area contributed by atoms with Gasteiger partial charge in [0.2, 0.25) is 0 Å². The zero-order chi connectivity index (χ0) is 23.7. The molecule has 1 atom stereocenters. The van der Waals surface area contributed by atoms with Crippen LogP contribution >= 0.6 is 0 Å². The molecule has 2 aromatic carbocycles. The fourth-order valence-corrected chi connectivity index (χ4v) is 4.17. The lowest BCUT2D eigenvalue weighted by Crippen LogP contribution is -2.29. The number of Topliss-reactive ketones (excluding diaryl/α,β-unsaturated/α-hetero) is 1. The van der Waals surface area contributed by atoms with Crippen LogP contribution in [0.25, 0.3) is 5.76 Å². The summed E-state index contributed by atoms with van der Waals surface area (Å²) < 4.78 is 11.5. The molecule has 1 unspecified atom stereocenters. The number of aliphatic hydroxyl groups excluding tert-OH is 1. The van der Waals surface area contributed by atoms with E-state index in [0.29, 0.717) is 35.1 Å². The molecule has 0 bridgehead atoms. The molecule has 1 aliphatic rings. The standard InChI is InChI=1S/C27H27NO5/c1-5-11-32-21-8-6-7-19(15-21)25(29)23-24(22-10-9-18(4)33-22)28(27(31)26(23)30)20-13-16(2)12-17(3)14-20/h6-10,12-15,24,29H,5,11H2,1-4H3/b25-23-. The number of aliphatic hydroxyl groups is 1. The van der Waals surface area contributed by atoms with Crippen LogP contribution in [0.4, 0.5) is 5.69 Å². The van der Waals surface area contributed by atoms with Crippen molar-refractivity contribution in [2.75, 3.05) is 11.5 Å². The highest BCUT2D eigenvalue weighted by molar-refractivity contribution is 6.51. The third-order valence-corrected chi connectivity index (χ3v) is 5.54. The van der Waals surface area contributed by atoms with Crippen LogP contribution in [0.5, 0.6) is 5.75 Å². The number of hydrogen-bond acceptors (Lipinski definition) is 5. The number of anilines is 1. The molecule has 1 fully saturated rings. The second-order valence-corrected chi connectivity index (χ2v) is 8.34. The highest BCUT2D eigenvalue weighted by atomic mass is 16.5. The Hall–Kier alpha value is -3.80. The van der Waals surface area contributed by atoms with Gasteiger partial charge in [0.05, 0.1) is 12.2 Å². The quantitative estimate of drug-likeness (QED) is 0.303. The Balaban J connectivity index is 1.89. The second-order valence-electron chi connectivity index (χ2n) is 8.34. The topological polar surface area (TPSA) is 80.0 Å². The van der Waals surface area contributed by atoms with Crippen molar-refractivity contribution in [2.45, 2.75) is 40.2 Å². The summed E-state index contributed by atoms with van der Waals surface area (Å²) >= 11 is 0. The van der Waals surface area contributed by atoms with Crippen LogP contribution < -0.4 is 9.64 Å². The lowest BCUT2D eigenvalue weighted by molar-refractivity contribution is -0.132. The van der Waals surface area contributed by atoms with Crippen LogP contribution in [0.15, 0.2) is 64.6 Å². The van der Waals surface area contributed by atoms with Gasteiger partial charge in [-0.25, -0.2) is 0 Å². The maximum Gasteiger partial charge on any atom is 0.300 e. The fourth-order valence-electron chi connectivity index (χ4n) is 4.17. The van der Waals surface area contributed by atoms with Gasteiger partial charge in [-0.2, -0.15) is 0 Å². The van der Waals surface area contributed by atoms with Crippen molar-refractivity contribution in [3.63, 3.8) is 0 Å². The highest BCUT2D eigenvalue weighted by Crippen LogP contribution is 2.43. The van der Waals surface area contributed by atoms with E-state index in [-0.39, 0.29) is 11.3 Å². The maximum absolute atomic E-state index is 13.2. The van der Waals surface area contributed by atoms with Gasteiger partial charge < -0.3 is 14.3 Å².